The van der Waals surface area contributed by atoms with Gasteiger partial charge in [-0.05, 0) is 36.8 Å². The molecule has 2 aromatic carbocycles. The topological polar surface area (TPSA) is 120 Å². The van der Waals surface area contributed by atoms with E-state index >= 15 is 0 Å². The molecule has 0 spiro atoms. The molecule has 0 aromatic heterocycles. The Balaban J connectivity index is 1.65. The Labute approximate surface area is 200 Å². The molecule has 1 fully saturated rings. The molecule has 0 unspecified atom stereocenters. The largest absolute Gasteiger partial charge is 0.379 e. The van der Waals surface area contributed by atoms with Gasteiger partial charge in [-0.2, -0.15) is 9.57 Å². The minimum atomic E-state index is -3.71. The first-order valence-corrected chi connectivity index (χ1v) is 12.5. The normalized spacial score (nSPS) is 14.2. The monoisotopic (exact) mass is 484 g/mol. The number of nitriles is 1. The van der Waals surface area contributed by atoms with Crippen molar-refractivity contribution in [2.45, 2.75) is 31.1 Å². The van der Waals surface area contributed by atoms with Crippen molar-refractivity contribution in [2.75, 3.05) is 43.1 Å². The Morgan fingerprint density at radius 2 is 1.82 bits per heavy atom. The summed E-state index contributed by atoms with van der Waals surface area (Å²) >= 11 is 0. The average Bonchev–Trinajstić information content (AvgIpc) is 2.85. The number of rotatable bonds is 9. The van der Waals surface area contributed by atoms with Crippen LogP contribution >= 0.6 is 0 Å². The predicted molar refractivity (Wildman–Crippen MR) is 128 cm³/mol. The van der Waals surface area contributed by atoms with Crippen LogP contribution in [0, 0.1) is 18.3 Å². The number of sulfonamides is 1. The lowest BCUT2D eigenvalue weighted by Gasteiger charge is -2.26. The number of carbonyl (C=O) groups excluding carboxylic acids is 2. The van der Waals surface area contributed by atoms with Crippen molar-refractivity contribution in [1.82, 2.24) is 4.31 Å². The third-order valence-electron chi connectivity index (χ3n) is 5.44. The quantitative estimate of drug-likeness (QED) is 0.584. The second-order valence-electron chi connectivity index (χ2n) is 7.83. The molecule has 2 amide bonds. The van der Waals surface area contributed by atoms with Crippen LogP contribution in [0.25, 0.3) is 0 Å². The van der Waals surface area contributed by atoms with Crippen LogP contribution in [0.2, 0.25) is 0 Å². The van der Waals surface area contributed by atoms with Gasteiger partial charge in [0.1, 0.15) is 0 Å². The molecule has 10 heteroatoms. The van der Waals surface area contributed by atoms with Gasteiger partial charge in [0, 0.05) is 43.9 Å². The smallest absolute Gasteiger partial charge is 0.243 e. The Morgan fingerprint density at radius 3 is 2.50 bits per heavy atom. The highest BCUT2D eigenvalue weighted by Crippen LogP contribution is 2.24. The molecular weight excluding hydrogens is 456 g/mol. The number of morpholine rings is 1. The standard InChI is InChI=1S/C24H28N4O5S/c1-19-8-9-20(18-22(19)34(31,32)27-14-16-33-17-15-27)26-23(29)10-11-24(30)28(13-5-12-25)21-6-3-2-4-7-21/h2-4,6-9,18H,5,10-11,13-17H2,1H3,(H,26,29). The van der Waals surface area contributed by atoms with E-state index < -0.39 is 15.9 Å². The number of anilines is 2. The summed E-state index contributed by atoms with van der Waals surface area (Å²) in [4.78, 5) is 26.9. The number of hydrogen-bond donors (Lipinski definition) is 1. The van der Waals surface area contributed by atoms with Crippen LogP contribution in [0.3, 0.4) is 0 Å². The SMILES string of the molecule is Cc1ccc(NC(=O)CCC(=O)N(CCC#N)c2ccccc2)cc1S(=O)(=O)N1CCOCC1. The van der Waals surface area contributed by atoms with Crippen molar-refractivity contribution in [2.24, 2.45) is 0 Å². The Kier molecular flexibility index (Phi) is 8.76. The summed E-state index contributed by atoms with van der Waals surface area (Å²) in [5.74, 6) is -0.670. The zero-order valence-corrected chi connectivity index (χ0v) is 19.9. The minimum Gasteiger partial charge on any atom is -0.379 e. The van der Waals surface area contributed by atoms with E-state index in [1.165, 1.54) is 15.3 Å². The molecule has 1 heterocycles. The van der Waals surface area contributed by atoms with Gasteiger partial charge < -0.3 is 15.0 Å². The van der Waals surface area contributed by atoms with Gasteiger partial charge in [-0.3, -0.25) is 9.59 Å². The summed E-state index contributed by atoms with van der Waals surface area (Å²) in [6.45, 7) is 3.20. The maximum atomic E-state index is 13.0. The number of aryl methyl sites for hydroxylation is 1. The van der Waals surface area contributed by atoms with E-state index in [9.17, 15) is 18.0 Å². The molecule has 0 bridgehead atoms. The fourth-order valence-corrected chi connectivity index (χ4v) is 5.29. The highest BCUT2D eigenvalue weighted by atomic mass is 32.2. The highest BCUT2D eigenvalue weighted by molar-refractivity contribution is 7.89. The van der Waals surface area contributed by atoms with Gasteiger partial charge in [0.15, 0.2) is 0 Å². The second kappa shape index (κ2) is 11.7. The molecule has 1 aliphatic heterocycles. The van der Waals surface area contributed by atoms with Crippen LogP contribution in [-0.2, 0) is 24.3 Å². The first-order valence-electron chi connectivity index (χ1n) is 11.0. The van der Waals surface area contributed by atoms with Gasteiger partial charge in [0.05, 0.1) is 30.6 Å². The van der Waals surface area contributed by atoms with Gasteiger partial charge in [-0.25, -0.2) is 8.42 Å². The summed E-state index contributed by atoms with van der Waals surface area (Å²) < 4.78 is 32.7. The summed E-state index contributed by atoms with van der Waals surface area (Å²) in [5.41, 5.74) is 1.59. The lowest BCUT2D eigenvalue weighted by atomic mass is 10.2. The van der Waals surface area contributed by atoms with Crippen molar-refractivity contribution in [3.63, 3.8) is 0 Å². The van der Waals surface area contributed by atoms with Crippen LogP contribution in [0.1, 0.15) is 24.8 Å². The zero-order valence-electron chi connectivity index (χ0n) is 19.1. The number of amides is 2. The van der Waals surface area contributed by atoms with Crippen LogP contribution in [0.5, 0.6) is 0 Å². The van der Waals surface area contributed by atoms with Crippen molar-refractivity contribution in [3.05, 3.63) is 54.1 Å². The van der Waals surface area contributed by atoms with Gasteiger partial charge in [-0.15, -0.1) is 0 Å². The molecule has 1 saturated heterocycles. The maximum Gasteiger partial charge on any atom is 0.243 e. The molecule has 0 atom stereocenters. The van der Waals surface area contributed by atoms with Crippen LogP contribution in [0.4, 0.5) is 11.4 Å². The molecule has 180 valence electrons. The molecule has 0 aliphatic carbocycles. The lowest BCUT2D eigenvalue weighted by Crippen LogP contribution is -2.40. The lowest BCUT2D eigenvalue weighted by molar-refractivity contribution is -0.122. The molecule has 3 rings (SSSR count). The fraction of sp³-hybridized carbons (Fsp3) is 0.375. The van der Waals surface area contributed by atoms with E-state index in [0.717, 1.165) is 0 Å². The minimum absolute atomic E-state index is 0.0447. The second-order valence-corrected chi connectivity index (χ2v) is 9.74. The van der Waals surface area contributed by atoms with E-state index in [2.05, 4.69) is 5.32 Å². The maximum absolute atomic E-state index is 13.0. The molecule has 0 radical (unpaired) electrons. The van der Waals surface area contributed by atoms with Gasteiger partial charge in [-0.1, -0.05) is 24.3 Å². The van der Waals surface area contributed by atoms with E-state index in [-0.39, 0.29) is 49.7 Å². The number of para-hydroxylation sites is 1. The van der Waals surface area contributed by atoms with Gasteiger partial charge >= 0.3 is 0 Å². The van der Waals surface area contributed by atoms with Gasteiger partial charge in [0.2, 0.25) is 21.8 Å². The van der Waals surface area contributed by atoms with E-state index in [0.29, 0.717) is 30.2 Å². The summed E-state index contributed by atoms with van der Waals surface area (Å²) in [6, 6.07) is 15.7. The van der Waals surface area contributed by atoms with E-state index in [4.69, 9.17) is 10.00 Å². The first-order chi connectivity index (χ1) is 16.3. The number of hydrogen-bond acceptors (Lipinski definition) is 6. The molecule has 1 aliphatic rings. The fourth-order valence-electron chi connectivity index (χ4n) is 3.63. The number of nitrogens with zero attached hydrogens (tertiary/aromatic N) is 3. The zero-order chi connectivity index (χ0) is 24.6. The van der Waals surface area contributed by atoms with Gasteiger partial charge in [0.25, 0.3) is 0 Å². The van der Waals surface area contributed by atoms with E-state index in [1.807, 2.05) is 12.1 Å². The van der Waals surface area contributed by atoms with Crippen molar-refractivity contribution in [3.8, 4) is 6.07 Å². The molecule has 0 saturated carbocycles. The third-order valence-corrected chi connectivity index (χ3v) is 7.48. The summed E-state index contributed by atoms with van der Waals surface area (Å²) in [6.07, 6.45) is 0.0572. The van der Waals surface area contributed by atoms with Crippen molar-refractivity contribution < 1.29 is 22.7 Å². The summed E-state index contributed by atoms with van der Waals surface area (Å²) in [7, 11) is -3.71. The van der Waals surface area contributed by atoms with Crippen LogP contribution in [-0.4, -0.2) is 57.4 Å². The molecule has 1 N–H and O–H groups in total. The third kappa shape index (κ3) is 6.41. The number of carbonyl (C=O) groups is 2. The van der Waals surface area contributed by atoms with E-state index in [1.54, 1.807) is 43.3 Å². The number of ether oxygens (including phenoxy) is 1. The Hall–Kier alpha value is -3.26. The molecule has 2 aromatic rings. The highest BCUT2D eigenvalue weighted by Gasteiger charge is 2.28. The Bertz CT molecular complexity index is 1160. The molecule has 9 nitrogen and oxygen atoms in total. The van der Waals surface area contributed by atoms with Crippen LogP contribution in [0.15, 0.2) is 53.4 Å². The summed E-state index contributed by atoms with van der Waals surface area (Å²) in [5, 5.41) is 11.6. The first kappa shape index (κ1) is 25.4. The van der Waals surface area contributed by atoms with Crippen molar-refractivity contribution >= 4 is 33.2 Å². The Morgan fingerprint density at radius 1 is 1.12 bits per heavy atom. The van der Waals surface area contributed by atoms with Crippen LogP contribution < -0.4 is 10.2 Å². The molecule has 34 heavy (non-hydrogen) atoms. The average molecular weight is 485 g/mol. The number of nitrogens with one attached hydrogen (secondary N) is 1. The number of benzene rings is 2. The predicted octanol–water partition coefficient (Wildman–Crippen LogP) is 2.68. The van der Waals surface area contributed by atoms with Crippen molar-refractivity contribution in [1.29, 1.82) is 5.26 Å². The molecular formula is C24H28N4O5S.